The van der Waals surface area contributed by atoms with Gasteiger partial charge in [-0.05, 0) is 30.8 Å². The standard InChI is InChI=1S/C23H31N3O3/c1-4-26(5-2)20(18-11-7-6-8-12-18)17-25-22(27)15-16-24-23(28)19-13-9-10-14-21(19)29-3/h6-14,20H,4-5,15-17H2,1-3H3,(H,24,28)(H,25,27). The van der Waals surface area contributed by atoms with Crippen molar-refractivity contribution in [2.45, 2.75) is 26.3 Å². The number of rotatable bonds is 11. The average Bonchev–Trinajstić information content (AvgIpc) is 2.77. The second-order valence-electron chi connectivity index (χ2n) is 6.66. The zero-order valence-electron chi connectivity index (χ0n) is 17.5. The van der Waals surface area contributed by atoms with Crippen LogP contribution in [-0.2, 0) is 4.79 Å². The van der Waals surface area contributed by atoms with Crippen molar-refractivity contribution in [3.05, 3.63) is 65.7 Å². The molecule has 6 heteroatoms. The fourth-order valence-electron chi connectivity index (χ4n) is 3.31. The smallest absolute Gasteiger partial charge is 0.255 e. The lowest BCUT2D eigenvalue weighted by atomic mass is 10.1. The van der Waals surface area contributed by atoms with Crippen LogP contribution in [0, 0.1) is 0 Å². The lowest BCUT2D eigenvalue weighted by molar-refractivity contribution is -0.121. The van der Waals surface area contributed by atoms with E-state index in [9.17, 15) is 9.59 Å². The van der Waals surface area contributed by atoms with Crippen LogP contribution in [0.4, 0.5) is 0 Å². The molecular weight excluding hydrogens is 366 g/mol. The Morgan fingerprint density at radius 1 is 0.966 bits per heavy atom. The van der Waals surface area contributed by atoms with Crippen molar-refractivity contribution in [1.29, 1.82) is 0 Å². The van der Waals surface area contributed by atoms with E-state index in [1.165, 1.54) is 12.7 Å². The summed E-state index contributed by atoms with van der Waals surface area (Å²) in [4.78, 5) is 26.9. The van der Waals surface area contributed by atoms with Crippen LogP contribution in [-0.4, -0.2) is 50.0 Å². The Bertz CT molecular complexity index is 776. The minimum Gasteiger partial charge on any atom is -0.496 e. The molecular formula is C23H31N3O3. The lowest BCUT2D eigenvalue weighted by Gasteiger charge is -2.30. The minimum atomic E-state index is -0.249. The number of nitrogens with one attached hydrogen (secondary N) is 2. The molecule has 2 aromatic carbocycles. The van der Waals surface area contributed by atoms with Crippen LogP contribution in [0.2, 0.25) is 0 Å². The second kappa shape index (κ2) is 11.9. The van der Waals surface area contributed by atoms with Gasteiger partial charge in [-0.2, -0.15) is 0 Å². The quantitative estimate of drug-likeness (QED) is 0.612. The van der Waals surface area contributed by atoms with Crippen molar-refractivity contribution in [1.82, 2.24) is 15.5 Å². The van der Waals surface area contributed by atoms with Crippen LogP contribution in [0.25, 0.3) is 0 Å². The molecule has 2 rings (SSSR count). The Morgan fingerprint density at radius 2 is 1.62 bits per heavy atom. The maximum Gasteiger partial charge on any atom is 0.255 e. The molecule has 29 heavy (non-hydrogen) atoms. The molecule has 0 saturated carbocycles. The Labute approximate surface area is 173 Å². The van der Waals surface area contributed by atoms with Crippen LogP contribution in [0.15, 0.2) is 54.6 Å². The molecule has 156 valence electrons. The van der Waals surface area contributed by atoms with Crippen molar-refractivity contribution in [2.24, 2.45) is 0 Å². The van der Waals surface area contributed by atoms with Gasteiger partial charge in [-0.1, -0.05) is 56.3 Å². The molecule has 0 aliphatic heterocycles. The van der Waals surface area contributed by atoms with E-state index in [0.717, 1.165) is 13.1 Å². The number of likely N-dealkylation sites (N-methyl/N-ethyl adjacent to an activating group) is 1. The number of methoxy groups -OCH3 is 1. The van der Waals surface area contributed by atoms with Gasteiger partial charge >= 0.3 is 0 Å². The van der Waals surface area contributed by atoms with Crippen LogP contribution in [0.3, 0.4) is 0 Å². The third-order valence-electron chi connectivity index (χ3n) is 4.92. The predicted octanol–water partition coefficient (Wildman–Crippen LogP) is 3.01. The van der Waals surface area contributed by atoms with Gasteiger partial charge in [-0.15, -0.1) is 0 Å². The van der Waals surface area contributed by atoms with E-state index in [4.69, 9.17) is 4.74 Å². The summed E-state index contributed by atoms with van der Waals surface area (Å²) in [6.07, 6.45) is 0.223. The summed E-state index contributed by atoms with van der Waals surface area (Å²) in [6, 6.07) is 17.3. The van der Waals surface area contributed by atoms with E-state index in [1.54, 1.807) is 18.2 Å². The number of benzene rings is 2. The van der Waals surface area contributed by atoms with E-state index < -0.39 is 0 Å². The van der Waals surface area contributed by atoms with Crippen molar-refractivity contribution < 1.29 is 14.3 Å². The van der Waals surface area contributed by atoms with E-state index in [-0.39, 0.29) is 30.8 Å². The molecule has 0 aliphatic rings. The molecule has 0 saturated heterocycles. The van der Waals surface area contributed by atoms with Crippen LogP contribution < -0.4 is 15.4 Å². The van der Waals surface area contributed by atoms with Crippen molar-refractivity contribution >= 4 is 11.8 Å². The fourth-order valence-corrected chi connectivity index (χ4v) is 3.31. The van der Waals surface area contributed by atoms with Gasteiger partial charge in [-0.25, -0.2) is 0 Å². The molecule has 1 unspecified atom stereocenters. The number of carbonyl (C=O) groups is 2. The summed E-state index contributed by atoms with van der Waals surface area (Å²) in [5, 5.41) is 5.79. The molecule has 0 radical (unpaired) electrons. The highest BCUT2D eigenvalue weighted by Gasteiger charge is 2.18. The Morgan fingerprint density at radius 3 is 2.28 bits per heavy atom. The van der Waals surface area contributed by atoms with Crippen molar-refractivity contribution in [3.8, 4) is 5.75 Å². The number of nitrogens with zero attached hydrogens (tertiary/aromatic N) is 1. The number of amides is 2. The number of hydrogen-bond acceptors (Lipinski definition) is 4. The van der Waals surface area contributed by atoms with Gasteiger partial charge in [0.05, 0.1) is 18.7 Å². The van der Waals surface area contributed by atoms with Gasteiger partial charge in [0.1, 0.15) is 5.75 Å². The molecule has 0 heterocycles. The van der Waals surface area contributed by atoms with E-state index in [0.29, 0.717) is 17.9 Å². The number of ether oxygens (including phenoxy) is 1. The average molecular weight is 398 g/mol. The highest BCUT2D eigenvalue weighted by Crippen LogP contribution is 2.19. The molecule has 2 amide bonds. The van der Waals surface area contributed by atoms with Crippen LogP contribution >= 0.6 is 0 Å². The maximum atomic E-state index is 12.3. The summed E-state index contributed by atoms with van der Waals surface area (Å²) in [5.74, 6) is 0.179. The first-order chi connectivity index (χ1) is 14.1. The molecule has 0 spiro atoms. The third-order valence-corrected chi connectivity index (χ3v) is 4.92. The topological polar surface area (TPSA) is 70.7 Å². The number of para-hydroxylation sites is 1. The first-order valence-electron chi connectivity index (χ1n) is 10.1. The number of carbonyl (C=O) groups excluding carboxylic acids is 2. The van der Waals surface area contributed by atoms with Crippen LogP contribution in [0.5, 0.6) is 5.75 Å². The predicted molar refractivity (Wildman–Crippen MR) is 115 cm³/mol. The summed E-state index contributed by atoms with van der Waals surface area (Å²) in [7, 11) is 1.53. The Balaban J connectivity index is 1.85. The van der Waals surface area contributed by atoms with Gasteiger partial charge < -0.3 is 15.4 Å². The summed E-state index contributed by atoms with van der Waals surface area (Å²) >= 11 is 0. The van der Waals surface area contributed by atoms with Crippen molar-refractivity contribution in [3.63, 3.8) is 0 Å². The Hall–Kier alpha value is -2.86. The highest BCUT2D eigenvalue weighted by atomic mass is 16.5. The minimum absolute atomic E-state index is 0.0848. The first kappa shape index (κ1) is 22.4. The molecule has 0 aliphatic carbocycles. The van der Waals surface area contributed by atoms with Crippen molar-refractivity contribution in [2.75, 3.05) is 33.3 Å². The van der Waals surface area contributed by atoms with Crippen LogP contribution in [0.1, 0.15) is 42.2 Å². The number of hydrogen-bond donors (Lipinski definition) is 2. The third kappa shape index (κ3) is 6.61. The molecule has 6 nitrogen and oxygen atoms in total. The second-order valence-corrected chi connectivity index (χ2v) is 6.66. The largest absolute Gasteiger partial charge is 0.496 e. The zero-order valence-corrected chi connectivity index (χ0v) is 17.5. The lowest BCUT2D eigenvalue weighted by Crippen LogP contribution is -2.39. The molecule has 0 fully saturated rings. The Kier molecular flexibility index (Phi) is 9.18. The maximum absolute atomic E-state index is 12.3. The monoisotopic (exact) mass is 397 g/mol. The zero-order chi connectivity index (χ0) is 21.1. The van der Waals surface area contributed by atoms with E-state index in [1.807, 2.05) is 24.3 Å². The fraction of sp³-hybridized carbons (Fsp3) is 0.391. The van der Waals surface area contributed by atoms with Gasteiger partial charge in [0.25, 0.3) is 5.91 Å². The molecule has 0 bridgehead atoms. The van der Waals surface area contributed by atoms with Gasteiger partial charge in [0.15, 0.2) is 0 Å². The summed E-state index contributed by atoms with van der Waals surface area (Å²) < 4.78 is 5.20. The molecule has 0 aromatic heterocycles. The van der Waals surface area contributed by atoms with Gasteiger partial charge in [-0.3, -0.25) is 14.5 Å². The summed E-state index contributed by atoms with van der Waals surface area (Å²) in [5.41, 5.74) is 1.64. The van der Waals surface area contributed by atoms with Gasteiger partial charge in [0.2, 0.25) is 5.91 Å². The SMILES string of the molecule is CCN(CC)C(CNC(=O)CCNC(=O)c1ccccc1OC)c1ccccc1. The highest BCUT2D eigenvalue weighted by molar-refractivity contribution is 5.97. The summed E-state index contributed by atoms with van der Waals surface area (Å²) in [6.45, 7) is 6.85. The first-order valence-corrected chi connectivity index (χ1v) is 10.1. The van der Waals surface area contributed by atoms with E-state index >= 15 is 0 Å². The molecule has 2 N–H and O–H groups in total. The molecule has 1 atom stereocenters. The van der Waals surface area contributed by atoms with Gasteiger partial charge in [0, 0.05) is 19.5 Å². The van der Waals surface area contributed by atoms with E-state index in [2.05, 4.69) is 41.5 Å². The molecule has 2 aromatic rings. The normalized spacial score (nSPS) is 11.7.